The molecule has 2 aromatic rings. The van der Waals surface area contributed by atoms with E-state index in [0.717, 1.165) is 37.6 Å². The lowest BCUT2D eigenvalue weighted by Gasteiger charge is -2.21. The summed E-state index contributed by atoms with van der Waals surface area (Å²) in [6, 6.07) is 4.18. The summed E-state index contributed by atoms with van der Waals surface area (Å²) in [6.45, 7) is 12.5. The van der Waals surface area contributed by atoms with Gasteiger partial charge < -0.3 is 5.11 Å². The van der Waals surface area contributed by atoms with Crippen molar-refractivity contribution in [2.45, 2.75) is 40.8 Å². The molecule has 0 atom stereocenters. The number of aliphatic hydroxyl groups excluding tert-OH is 1. The molecule has 0 unspecified atom stereocenters. The van der Waals surface area contributed by atoms with Crippen molar-refractivity contribution in [2.75, 3.05) is 26.2 Å². The quantitative estimate of drug-likeness (QED) is 0.799. The van der Waals surface area contributed by atoms with Gasteiger partial charge in [0.05, 0.1) is 31.1 Å². The monoisotopic (exact) mass is 305 g/mol. The third-order valence-electron chi connectivity index (χ3n) is 3.88. The van der Waals surface area contributed by atoms with Crippen LogP contribution < -0.4 is 0 Å². The van der Waals surface area contributed by atoms with Crippen LogP contribution in [0.3, 0.4) is 0 Å². The molecule has 2 aromatic heterocycles. The van der Waals surface area contributed by atoms with Crippen molar-refractivity contribution < 1.29 is 5.11 Å². The van der Waals surface area contributed by atoms with Gasteiger partial charge in [0, 0.05) is 31.0 Å². The molecule has 6 heteroatoms. The maximum atomic E-state index is 9.26. The first kappa shape index (κ1) is 16.7. The van der Waals surface area contributed by atoms with Gasteiger partial charge in [0.25, 0.3) is 0 Å². The predicted octanol–water partition coefficient (Wildman–Crippen LogP) is 1.31. The summed E-state index contributed by atoms with van der Waals surface area (Å²) in [7, 11) is 0. The third-order valence-corrected chi connectivity index (χ3v) is 3.88. The van der Waals surface area contributed by atoms with Crippen LogP contribution >= 0.6 is 0 Å². The summed E-state index contributed by atoms with van der Waals surface area (Å²) in [5.74, 6) is 0. The van der Waals surface area contributed by atoms with E-state index in [-0.39, 0.29) is 6.61 Å². The number of nitrogens with zero attached hydrogens (tertiary/aromatic N) is 5. The summed E-state index contributed by atoms with van der Waals surface area (Å²) in [6.07, 6.45) is 0. The van der Waals surface area contributed by atoms with E-state index in [0.29, 0.717) is 6.54 Å². The molecule has 0 fully saturated rings. The number of rotatable bonds is 8. The molecule has 0 aromatic carbocycles. The summed E-state index contributed by atoms with van der Waals surface area (Å²) >= 11 is 0. The standard InChI is InChI=1S/C16H27N5O/c1-13-11-15(3)20(17-13)7-5-19(9-10-22)6-8-21-16(4)12-14(2)18-21/h11-12,22H,5-10H2,1-4H3. The molecule has 0 saturated carbocycles. The summed E-state index contributed by atoms with van der Waals surface area (Å²) in [5.41, 5.74) is 4.46. The molecule has 0 aliphatic heterocycles. The van der Waals surface area contributed by atoms with Crippen molar-refractivity contribution in [1.82, 2.24) is 24.5 Å². The minimum atomic E-state index is 0.175. The van der Waals surface area contributed by atoms with Crippen molar-refractivity contribution >= 4 is 0 Å². The molecule has 0 spiro atoms. The molecule has 22 heavy (non-hydrogen) atoms. The second-order valence-electron chi connectivity index (χ2n) is 5.87. The fourth-order valence-electron chi connectivity index (χ4n) is 2.75. The number of hydrogen-bond acceptors (Lipinski definition) is 4. The molecule has 0 aliphatic carbocycles. The number of aryl methyl sites for hydroxylation is 4. The van der Waals surface area contributed by atoms with Crippen LogP contribution in [0.2, 0.25) is 0 Å². The van der Waals surface area contributed by atoms with Gasteiger partial charge in [0.2, 0.25) is 0 Å². The molecule has 0 saturated heterocycles. The highest BCUT2D eigenvalue weighted by Crippen LogP contribution is 2.04. The Morgan fingerprint density at radius 2 is 1.32 bits per heavy atom. The van der Waals surface area contributed by atoms with Gasteiger partial charge in [-0.3, -0.25) is 14.3 Å². The topological polar surface area (TPSA) is 59.1 Å². The maximum absolute atomic E-state index is 9.26. The van der Waals surface area contributed by atoms with Crippen molar-refractivity contribution in [3.05, 3.63) is 34.9 Å². The lowest BCUT2D eigenvalue weighted by molar-refractivity contribution is 0.182. The zero-order chi connectivity index (χ0) is 16.1. The Morgan fingerprint density at radius 1 is 0.864 bits per heavy atom. The fourth-order valence-corrected chi connectivity index (χ4v) is 2.75. The average molecular weight is 305 g/mol. The highest BCUT2D eigenvalue weighted by atomic mass is 16.3. The Hall–Kier alpha value is -1.66. The molecule has 0 amide bonds. The van der Waals surface area contributed by atoms with Gasteiger partial charge >= 0.3 is 0 Å². The molecule has 1 N–H and O–H groups in total. The smallest absolute Gasteiger partial charge is 0.0596 e. The minimum Gasteiger partial charge on any atom is -0.395 e. The molecule has 0 bridgehead atoms. The number of hydrogen-bond donors (Lipinski definition) is 1. The average Bonchev–Trinajstić information content (AvgIpc) is 2.94. The Balaban J connectivity index is 1.89. The largest absolute Gasteiger partial charge is 0.395 e. The second kappa shape index (κ2) is 7.56. The van der Waals surface area contributed by atoms with Crippen LogP contribution in [0.1, 0.15) is 22.8 Å². The molecule has 2 heterocycles. The molecule has 0 radical (unpaired) electrons. The van der Waals surface area contributed by atoms with E-state index < -0.39 is 0 Å². The van der Waals surface area contributed by atoms with Gasteiger partial charge in [-0.25, -0.2) is 0 Å². The predicted molar refractivity (Wildman–Crippen MR) is 86.9 cm³/mol. The van der Waals surface area contributed by atoms with Crippen LogP contribution in [0.25, 0.3) is 0 Å². The molecular weight excluding hydrogens is 278 g/mol. The normalized spacial score (nSPS) is 11.5. The van der Waals surface area contributed by atoms with Crippen molar-refractivity contribution in [3.8, 4) is 0 Å². The summed E-state index contributed by atoms with van der Waals surface area (Å²) in [4.78, 5) is 2.26. The van der Waals surface area contributed by atoms with E-state index in [1.807, 2.05) is 23.2 Å². The van der Waals surface area contributed by atoms with Crippen molar-refractivity contribution in [3.63, 3.8) is 0 Å². The van der Waals surface area contributed by atoms with Crippen LogP contribution in [-0.4, -0.2) is 55.8 Å². The van der Waals surface area contributed by atoms with Crippen LogP contribution in [-0.2, 0) is 13.1 Å². The van der Waals surface area contributed by atoms with Gasteiger partial charge in [0.1, 0.15) is 0 Å². The van der Waals surface area contributed by atoms with Crippen LogP contribution in [0, 0.1) is 27.7 Å². The second-order valence-corrected chi connectivity index (χ2v) is 5.87. The Kier molecular flexibility index (Phi) is 5.74. The van der Waals surface area contributed by atoms with E-state index in [4.69, 9.17) is 0 Å². The highest BCUT2D eigenvalue weighted by Gasteiger charge is 2.08. The highest BCUT2D eigenvalue weighted by molar-refractivity contribution is 5.07. The van der Waals surface area contributed by atoms with Gasteiger partial charge in [-0.2, -0.15) is 10.2 Å². The molecule has 2 rings (SSSR count). The first-order valence-corrected chi connectivity index (χ1v) is 7.85. The van der Waals surface area contributed by atoms with E-state index in [9.17, 15) is 5.11 Å². The van der Waals surface area contributed by atoms with E-state index in [1.54, 1.807) is 0 Å². The van der Waals surface area contributed by atoms with Crippen LogP contribution in [0.4, 0.5) is 0 Å². The zero-order valence-corrected chi connectivity index (χ0v) is 14.1. The maximum Gasteiger partial charge on any atom is 0.0596 e. The Morgan fingerprint density at radius 3 is 1.64 bits per heavy atom. The molecular formula is C16H27N5O. The van der Waals surface area contributed by atoms with Crippen molar-refractivity contribution in [2.24, 2.45) is 0 Å². The van der Waals surface area contributed by atoms with Gasteiger partial charge in [-0.15, -0.1) is 0 Å². The molecule has 122 valence electrons. The Labute approximate surface area is 132 Å². The third kappa shape index (κ3) is 4.42. The lowest BCUT2D eigenvalue weighted by atomic mass is 10.4. The van der Waals surface area contributed by atoms with Gasteiger partial charge in [-0.1, -0.05) is 0 Å². The van der Waals surface area contributed by atoms with E-state index in [2.05, 4.69) is 41.1 Å². The number of aliphatic hydroxyl groups is 1. The first-order chi connectivity index (χ1) is 10.5. The van der Waals surface area contributed by atoms with E-state index in [1.165, 1.54) is 11.4 Å². The van der Waals surface area contributed by atoms with Gasteiger partial charge in [-0.05, 0) is 39.8 Å². The van der Waals surface area contributed by atoms with Crippen molar-refractivity contribution in [1.29, 1.82) is 0 Å². The zero-order valence-electron chi connectivity index (χ0n) is 14.1. The lowest BCUT2D eigenvalue weighted by Crippen LogP contribution is -2.34. The summed E-state index contributed by atoms with van der Waals surface area (Å²) in [5, 5.41) is 18.2. The van der Waals surface area contributed by atoms with E-state index >= 15 is 0 Å². The Bertz CT molecular complexity index is 551. The number of aromatic nitrogens is 4. The minimum absolute atomic E-state index is 0.175. The molecule has 0 aliphatic rings. The summed E-state index contributed by atoms with van der Waals surface area (Å²) < 4.78 is 4.06. The van der Waals surface area contributed by atoms with Crippen LogP contribution in [0.5, 0.6) is 0 Å². The SMILES string of the molecule is Cc1cc(C)n(CCN(CCO)CCn2nc(C)cc2C)n1. The first-order valence-electron chi connectivity index (χ1n) is 7.85. The van der Waals surface area contributed by atoms with Crippen LogP contribution in [0.15, 0.2) is 12.1 Å². The molecule has 6 nitrogen and oxygen atoms in total. The van der Waals surface area contributed by atoms with Gasteiger partial charge in [0.15, 0.2) is 0 Å². The fraction of sp³-hybridized carbons (Fsp3) is 0.625.